The van der Waals surface area contributed by atoms with Gasteiger partial charge in [0.25, 0.3) is 0 Å². The predicted molar refractivity (Wildman–Crippen MR) is 159 cm³/mol. The molecule has 5 rings (SSSR count). The number of nitrogens with zero attached hydrogens (tertiary/aromatic N) is 1. The predicted octanol–water partition coefficient (Wildman–Crippen LogP) is 7.87. The molecule has 3 aliphatic rings. The molecule has 6 nitrogen and oxygen atoms in total. The Morgan fingerprint density at radius 1 is 0.976 bits per heavy atom. The van der Waals surface area contributed by atoms with E-state index in [0.29, 0.717) is 40.1 Å². The Kier molecular flexibility index (Phi) is 8.05. The molecule has 1 aliphatic heterocycles. The summed E-state index contributed by atoms with van der Waals surface area (Å²) in [5, 5.41) is 10.1. The molecule has 1 heterocycles. The molecule has 0 radical (unpaired) electrons. The van der Waals surface area contributed by atoms with E-state index in [9.17, 15) is 23.9 Å². The molecule has 0 fully saturated rings. The van der Waals surface area contributed by atoms with Crippen molar-refractivity contribution in [3.05, 3.63) is 85.9 Å². The quantitative estimate of drug-likeness (QED) is 0.342. The van der Waals surface area contributed by atoms with Gasteiger partial charge < -0.3 is 14.7 Å². The first-order valence-corrected chi connectivity index (χ1v) is 14.8. The number of carbonyl (C=O) groups is 3. The number of allylic oxidation sites excluding steroid dienone is 4. The van der Waals surface area contributed by atoms with Crippen molar-refractivity contribution in [2.24, 2.45) is 10.8 Å². The Labute approximate surface area is 255 Å². The lowest BCUT2D eigenvalue weighted by Crippen LogP contribution is -2.45. The van der Waals surface area contributed by atoms with Crippen LogP contribution < -0.4 is 4.74 Å². The fourth-order valence-electron chi connectivity index (χ4n) is 6.55. The molecule has 0 amide bonds. The van der Waals surface area contributed by atoms with Crippen LogP contribution in [-0.2, 0) is 21.0 Å². The molecular weight excluding hydrogens is 580 g/mol. The Balaban J connectivity index is 1.74. The minimum absolute atomic E-state index is 0.119. The van der Waals surface area contributed by atoms with Crippen molar-refractivity contribution in [3.63, 3.8) is 0 Å². The topological polar surface area (TPSA) is 83.9 Å². The molecule has 1 N–H and O–H groups in total. The van der Waals surface area contributed by atoms with Crippen molar-refractivity contribution in [2.75, 3.05) is 6.54 Å². The van der Waals surface area contributed by atoms with Crippen LogP contribution in [0.15, 0.2) is 58.9 Å². The first-order chi connectivity index (χ1) is 19.7. The van der Waals surface area contributed by atoms with Gasteiger partial charge in [-0.1, -0.05) is 69.1 Å². The number of halogens is 3. The van der Waals surface area contributed by atoms with Crippen molar-refractivity contribution < 1.29 is 28.6 Å². The minimum atomic E-state index is -0.963. The summed E-state index contributed by atoms with van der Waals surface area (Å²) in [7, 11) is 0. The molecule has 2 aromatic carbocycles. The maximum atomic E-state index is 14.5. The summed E-state index contributed by atoms with van der Waals surface area (Å²) in [5.41, 5.74) is 2.38. The number of Topliss-reactive ketones (excluding diaryl/α,β-unsaturated/α-hetero) is 2. The molecule has 0 aromatic heterocycles. The number of carboxylic acids is 1. The van der Waals surface area contributed by atoms with Crippen molar-refractivity contribution in [1.82, 2.24) is 4.90 Å². The Morgan fingerprint density at radius 3 is 2.10 bits per heavy atom. The van der Waals surface area contributed by atoms with Crippen LogP contribution in [0.1, 0.15) is 76.8 Å². The van der Waals surface area contributed by atoms with Crippen LogP contribution in [0.3, 0.4) is 0 Å². The van der Waals surface area contributed by atoms with Crippen molar-refractivity contribution in [3.8, 4) is 5.75 Å². The molecule has 222 valence electrons. The second-order valence-electron chi connectivity index (χ2n) is 13.0. The van der Waals surface area contributed by atoms with E-state index in [1.165, 1.54) is 12.1 Å². The normalized spacial score (nSPS) is 20.0. The highest BCUT2D eigenvalue weighted by atomic mass is 35.5. The van der Waals surface area contributed by atoms with Crippen LogP contribution in [0.4, 0.5) is 4.39 Å². The fourth-order valence-corrected chi connectivity index (χ4v) is 7.11. The van der Waals surface area contributed by atoms with E-state index in [4.69, 9.17) is 27.9 Å². The molecule has 0 unspecified atom stereocenters. The second kappa shape index (κ2) is 11.2. The SMILES string of the molecule is CC1(C)CC(=O)C2=C(C1)N(CCC(=O)O)C1=C(C(=O)CC(C)(C)C1)C2c1cc(Cl)cc(Cl)c1OCc1ccccc1F. The molecule has 0 saturated heterocycles. The number of carboxylic acid groups (broad SMARTS) is 1. The summed E-state index contributed by atoms with van der Waals surface area (Å²) in [4.78, 5) is 41.7. The summed E-state index contributed by atoms with van der Waals surface area (Å²) in [6.07, 6.45) is 1.42. The average molecular weight is 615 g/mol. The smallest absolute Gasteiger partial charge is 0.305 e. The number of carbonyl (C=O) groups excluding carboxylic acids is 2. The molecule has 0 saturated carbocycles. The number of benzene rings is 2. The van der Waals surface area contributed by atoms with E-state index in [1.807, 2.05) is 32.6 Å². The van der Waals surface area contributed by atoms with Gasteiger partial charge in [0, 0.05) is 64.0 Å². The molecule has 0 bridgehead atoms. The van der Waals surface area contributed by atoms with E-state index in [-0.39, 0.29) is 65.6 Å². The van der Waals surface area contributed by atoms with Gasteiger partial charge >= 0.3 is 5.97 Å². The highest BCUT2D eigenvalue weighted by Crippen LogP contribution is 2.56. The van der Waals surface area contributed by atoms with E-state index in [0.717, 1.165) is 11.4 Å². The first kappa shape index (κ1) is 30.3. The Morgan fingerprint density at radius 2 is 1.55 bits per heavy atom. The van der Waals surface area contributed by atoms with Crippen molar-refractivity contribution in [2.45, 2.75) is 72.3 Å². The minimum Gasteiger partial charge on any atom is -0.487 e. The maximum absolute atomic E-state index is 14.5. The van der Waals surface area contributed by atoms with E-state index in [1.54, 1.807) is 24.3 Å². The van der Waals surface area contributed by atoms with Gasteiger partial charge in [-0.15, -0.1) is 0 Å². The summed E-state index contributed by atoms with van der Waals surface area (Å²) >= 11 is 13.2. The maximum Gasteiger partial charge on any atom is 0.305 e. The third-order valence-electron chi connectivity index (χ3n) is 8.25. The van der Waals surface area contributed by atoms with Crippen LogP contribution in [0, 0.1) is 16.6 Å². The molecule has 0 atom stereocenters. The van der Waals surface area contributed by atoms with Gasteiger partial charge in [-0.2, -0.15) is 0 Å². The lowest BCUT2D eigenvalue weighted by Gasteiger charge is -2.49. The molecule has 9 heteroatoms. The molecule has 2 aliphatic carbocycles. The number of aliphatic carboxylic acids is 1. The zero-order valence-corrected chi connectivity index (χ0v) is 25.7. The highest BCUT2D eigenvalue weighted by molar-refractivity contribution is 6.35. The monoisotopic (exact) mass is 613 g/mol. The van der Waals surface area contributed by atoms with Gasteiger partial charge in [0.15, 0.2) is 11.6 Å². The van der Waals surface area contributed by atoms with Crippen LogP contribution in [0.5, 0.6) is 5.75 Å². The van der Waals surface area contributed by atoms with Gasteiger partial charge in [0.2, 0.25) is 0 Å². The first-order valence-electron chi connectivity index (χ1n) is 14.0. The summed E-state index contributed by atoms with van der Waals surface area (Å²) in [6.45, 7) is 8.06. The van der Waals surface area contributed by atoms with Gasteiger partial charge in [0.05, 0.1) is 11.4 Å². The fraction of sp³-hybridized carbons (Fsp3) is 0.424. The van der Waals surface area contributed by atoms with Gasteiger partial charge in [0.1, 0.15) is 18.2 Å². The molecule has 2 aromatic rings. The van der Waals surface area contributed by atoms with E-state index in [2.05, 4.69) is 0 Å². The number of hydrogen-bond acceptors (Lipinski definition) is 5. The van der Waals surface area contributed by atoms with Crippen LogP contribution >= 0.6 is 23.2 Å². The van der Waals surface area contributed by atoms with Crippen molar-refractivity contribution >= 4 is 40.7 Å². The van der Waals surface area contributed by atoms with Crippen LogP contribution in [0.25, 0.3) is 0 Å². The second-order valence-corrected chi connectivity index (χ2v) is 13.9. The molecule has 0 spiro atoms. The zero-order chi connectivity index (χ0) is 30.6. The number of ketones is 2. The van der Waals surface area contributed by atoms with Crippen LogP contribution in [-0.4, -0.2) is 34.1 Å². The lowest BCUT2D eigenvalue weighted by atomic mass is 9.63. The van der Waals surface area contributed by atoms with E-state index < -0.39 is 17.7 Å². The van der Waals surface area contributed by atoms with Gasteiger partial charge in [-0.3, -0.25) is 14.4 Å². The third-order valence-corrected chi connectivity index (χ3v) is 8.75. The summed E-state index contributed by atoms with van der Waals surface area (Å²) in [5.74, 6) is -2.22. The summed E-state index contributed by atoms with van der Waals surface area (Å²) < 4.78 is 20.7. The van der Waals surface area contributed by atoms with Crippen molar-refractivity contribution in [1.29, 1.82) is 0 Å². The van der Waals surface area contributed by atoms with E-state index >= 15 is 0 Å². The number of hydrogen-bond donors (Lipinski definition) is 1. The lowest BCUT2D eigenvalue weighted by molar-refractivity contribution is -0.137. The summed E-state index contributed by atoms with van der Waals surface area (Å²) in [6, 6.07) is 9.43. The largest absolute Gasteiger partial charge is 0.487 e. The number of ether oxygens (including phenoxy) is 1. The van der Waals surface area contributed by atoms with Gasteiger partial charge in [-0.05, 0) is 41.9 Å². The molecule has 42 heavy (non-hydrogen) atoms. The van der Waals surface area contributed by atoms with Gasteiger partial charge in [-0.25, -0.2) is 4.39 Å². The zero-order valence-electron chi connectivity index (χ0n) is 24.2. The third kappa shape index (κ3) is 5.86. The standard InChI is InChI=1S/C33H34Cl2FNO5/c1-32(2)13-23-29(25(38)15-32)28(30-24(37(23)10-9-27(40)41)14-33(3,4)16-26(30)39)20-11-19(34)12-21(35)31(20)42-17-18-7-5-6-8-22(18)36/h5-8,11-12,28H,9-10,13-17H2,1-4H3,(H,40,41). The van der Waals surface area contributed by atoms with Crippen LogP contribution in [0.2, 0.25) is 10.0 Å². The number of rotatable bonds is 7. The molecular formula is C33H34Cl2FNO5. The Hall–Kier alpha value is -3.16. The Bertz CT molecular complexity index is 1500. The average Bonchev–Trinajstić information content (AvgIpc) is 2.85. The highest BCUT2D eigenvalue weighted by Gasteiger charge is 2.49.